The van der Waals surface area contributed by atoms with Crippen molar-refractivity contribution in [1.29, 1.82) is 0 Å². The van der Waals surface area contributed by atoms with Crippen LogP contribution in [0.5, 0.6) is 0 Å². The van der Waals surface area contributed by atoms with Crippen molar-refractivity contribution in [3.8, 4) is 0 Å². The number of ether oxygens (including phenoxy) is 1. The van der Waals surface area contributed by atoms with Gasteiger partial charge in [0.25, 0.3) is 0 Å². The number of hydrogen-bond donors (Lipinski definition) is 0. The molecule has 0 rings (SSSR count). The molecule has 0 N–H and O–H groups in total. The van der Waals surface area contributed by atoms with Crippen LogP contribution >= 0.6 is 11.6 Å². The minimum Gasteiger partial charge on any atom is -0.461 e. The van der Waals surface area contributed by atoms with E-state index in [0.29, 0.717) is 0 Å². The lowest BCUT2D eigenvalue weighted by atomic mass is 9.88. The topological polar surface area (TPSA) is 26.3 Å². The monoisotopic (exact) mass is 552 g/mol. The highest BCUT2D eigenvalue weighted by Crippen LogP contribution is 2.64. The summed E-state index contributed by atoms with van der Waals surface area (Å²) in [6.45, 7) is 0.542. The molecule has 0 atom stereocenters. The Bertz CT molecular complexity index is 754. The van der Waals surface area contributed by atoms with Crippen LogP contribution in [0.1, 0.15) is 6.42 Å². The van der Waals surface area contributed by atoms with Crippen molar-refractivity contribution in [2.75, 3.05) is 6.61 Å². The maximum absolute atomic E-state index is 13.5. The number of halogens is 18. The first-order chi connectivity index (χ1) is 14.1. The van der Waals surface area contributed by atoms with Crippen molar-refractivity contribution in [2.24, 2.45) is 0 Å². The van der Waals surface area contributed by atoms with E-state index in [1.165, 1.54) is 0 Å². The largest absolute Gasteiger partial charge is 0.461 e. The number of esters is 1. The van der Waals surface area contributed by atoms with Gasteiger partial charge in [-0.25, -0.2) is 4.79 Å². The Morgan fingerprint density at radius 3 is 1.21 bits per heavy atom. The number of alkyl halides is 17. The Kier molecular flexibility index (Phi) is 8.08. The van der Waals surface area contributed by atoms with Crippen LogP contribution in [0.3, 0.4) is 0 Å². The fraction of sp³-hybridized carbons (Fsp3) is 0.769. The van der Waals surface area contributed by atoms with Gasteiger partial charge in [0.1, 0.15) is 5.03 Å². The third-order valence-electron chi connectivity index (χ3n) is 3.66. The van der Waals surface area contributed by atoms with Gasteiger partial charge in [-0.3, -0.25) is 0 Å². The minimum absolute atomic E-state index is 1.12. The van der Waals surface area contributed by atoms with Crippen molar-refractivity contribution < 1.29 is 84.2 Å². The van der Waals surface area contributed by atoms with Crippen LogP contribution in [0.15, 0.2) is 11.6 Å². The van der Waals surface area contributed by atoms with Gasteiger partial charge in [-0.2, -0.15) is 74.6 Å². The van der Waals surface area contributed by atoms with E-state index in [9.17, 15) is 79.4 Å². The Morgan fingerprint density at radius 2 is 0.909 bits per heavy atom. The number of carbonyl (C=O) groups is 1. The molecule has 0 saturated carbocycles. The molecule has 0 aliphatic carbocycles. The molecule has 20 heteroatoms. The average Bonchev–Trinajstić information content (AvgIpc) is 2.59. The molecule has 33 heavy (non-hydrogen) atoms. The first-order valence-corrected chi connectivity index (χ1v) is 7.68. The molecular weight excluding hydrogens is 547 g/mol. The summed E-state index contributed by atoms with van der Waals surface area (Å²) in [6, 6.07) is 0. The van der Waals surface area contributed by atoms with Gasteiger partial charge in [-0.1, -0.05) is 18.2 Å². The second-order valence-electron chi connectivity index (χ2n) is 5.94. The van der Waals surface area contributed by atoms with E-state index < -0.39 is 71.7 Å². The summed E-state index contributed by atoms with van der Waals surface area (Å²) < 4.78 is 224. The Hall–Kier alpha value is -1.69. The van der Waals surface area contributed by atoms with Crippen LogP contribution in [0, 0.1) is 0 Å². The van der Waals surface area contributed by atoms with Gasteiger partial charge in [0.2, 0.25) is 0 Å². The molecule has 0 aliphatic heterocycles. The molecule has 0 fully saturated rings. The van der Waals surface area contributed by atoms with Gasteiger partial charge < -0.3 is 4.74 Å². The molecule has 0 saturated heterocycles. The van der Waals surface area contributed by atoms with Crippen molar-refractivity contribution in [3.05, 3.63) is 11.6 Å². The molecule has 0 amide bonds. The van der Waals surface area contributed by atoms with Crippen LogP contribution in [-0.4, -0.2) is 60.2 Å². The fourth-order valence-electron chi connectivity index (χ4n) is 1.70. The van der Waals surface area contributed by atoms with Crippen molar-refractivity contribution in [3.63, 3.8) is 0 Å². The maximum Gasteiger partial charge on any atom is 0.460 e. The van der Waals surface area contributed by atoms with Crippen LogP contribution < -0.4 is 0 Å². The zero-order valence-corrected chi connectivity index (χ0v) is 15.5. The summed E-state index contributed by atoms with van der Waals surface area (Å²) in [5.74, 6) is -58.8. The van der Waals surface area contributed by atoms with E-state index in [1.807, 2.05) is 0 Å². The van der Waals surface area contributed by atoms with Crippen LogP contribution in [0.4, 0.5) is 74.6 Å². The Balaban J connectivity index is 6.36. The van der Waals surface area contributed by atoms with Gasteiger partial charge in [-0.05, 0) is 0 Å². The van der Waals surface area contributed by atoms with Crippen molar-refractivity contribution >= 4 is 17.6 Å². The first-order valence-electron chi connectivity index (χ1n) is 7.31. The van der Waals surface area contributed by atoms with Gasteiger partial charge in [0.15, 0.2) is 0 Å². The van der Waals surface area contributed by atoms with E-state index in [1.54, 1.807) is 0 Å². The molecule has 196 valence electrons. The van der Waals surface area contributed by atoms with Crippen LogP contribution in [-0.2, 0) is 9.53 Å². The van der Waals surface area contributed by atoms with E-state index in [0.717, 1.165) is 0 Å². The third-order valence-corrected chi connectivity index (χ3v) is 3.81. The summed E-state index contributed by atoms with van der Waals surface area (Å²) in [6.07, 6.45) is -10.7. The maximum atomic E-state index is 13.5. The molecule has 0 aromatic heterocycles. The zero-order chi connectivity index (χ0) is 27.3. The lowest BCUT2D eigenvalue weighted by Crippen LogP contribution is -2.74. The smallest absolute Gasteiger partial charge is 0.460 e. The highest BCUT2D eigenvalue weighted by Gasteiger charge is 2.95. The zero-order valence-electron chi connectivity index (χ0n) is 14.7. The quantitative estimate of drug-likeness (QED) is 0.172. The lowest BCUT2D eigenvalue weighted by Gasteiger charge is -2.42. The average molecular weight is 553 g/mol. The Morgan fingerprint density at radius 1 is 0.606 bits per heavy atom. The van der Waals surface area contributed by atoms with E-state index in [2.05, 4.69) is 11.3 Å². The second-order valence-corrected chi connectivity index (χ2v) is 6.40. The molecular formula is C13H6ClF17O2. The van der Waals surface area contributed by atoms with Crippen LogP contribution in [0.2, 0.25) is 0 Å². The summed E-state index contributed by atoms with van der Waals surface area (Å²) in [4.78, 5) is 10.8. The third kappa shape index (κ3) is 4.65. The summed E-state index contributed by atoms with van der Waals surface area (Å²) >= 11 is 4.84. The summed E-state index contributed by atoms with van der Waals surface area (Å²) in [5.41, 5.74) is 0. The SMILES string of the molecule is C=C(Cl)C(=O)OCCC(F)(F)C(F)(F)C(F)(F)C(F)(F)C(F)(F)C(F)(F)C(F)(F)C(F)(F)F. The lowest BCUT2D eigenvalue weighted by molar-refractivity contribution is -0.461. The normalized spacial score (nSPS) is 15.5. The molecule has 0 heterocycles. The number of hydrogen-bond acceptors (Lipinski definition) is 2. The predicted molar refractivity (Wildman–Crippen MR) is 71.3 cm³/mol. The molecule has 0 aromatic rings. The fourth-order valence-corrected chi connectivity index (χ4v) is 1.76. The number of carbonyl (C=O) groups excluding carboxylic acids is 1. The van der Waals surface area contributed by atoms with Gasteiger partial charge >= 0.3 is 53.6 Å². The molecule has 0 spiro atoms. The highest BCUT2D eigenvalue weighted by atomic mass is 35.5. The standard InChI is InChI=1S/C13H6ClF17O2/c1-4(14)5(32)33-3-2-6(15,16)7(17,18)8(19,20)9(21,22)10(23,24)11(25,26)12(27,28)13(29,30)31/h1-3H2. The molecule has 0 aromatic carbocycles. The Labute approximate surface area is 175 Å². The molecule has 2 nitrogen and oxygen atoms in total. The van der Waals surface area contributed by atoms with Gasteiger partial charge in [0.05, 0.1) is 13.0 Å². The number of rotatable bonds is 10. The van der Waals surface area contributed by atoms with Gasteiger partial charge in [0, 0.05) is 0 Å². The van der Waals surface area contributed by atoms with Gasteiger partial charge in [-0.15, -0.1) is 0 Å². The predicted octanol–water partition coefficient (Wildman–Crippen LogP) is 6.68. The summed E-state index contributed by atoms with van der Waals surface area (Å²) in [7, 11) is 0. The van der Waals surface area contributed by atoms with Crippen LogP contribution in [0.25, 0.3) is 0 Å². The van der Waals surface area contributed by atoms with E-state index in [-0.39, 0.29) is 0 Å². The highest BCUT2D eigenvalue weighted by molar-refractivity contribution is 6.40. The first kappa shape index (κ1) is 31.3. The molecule has 0 bridgehead atoms. The van der Waals surface area contributed by atoms with Crippen molar-refractivity contribution in [2.45, 2.75) is 54.1 Å². The van der Waals surface area contributed by atoms with E-state index >= 15 is 0 Å². The molecule has 0 aliphatic rings. The second kappa shape index (κ2) is 8.51. The van der Waals surface area contributed by atoms with E-state index in [4.69, 9.17) is 11.6 Å². The molecule has 0 unspecified atom stereocenters. The minimum atomic E-state index is -8.69. The molecule has 0 radical (unpaired) electrons. The summed E-state index contributed by atoms with van der Waals surface area (Å²) in [5, 5.41) is -1.12. The van der Waals surface area contributed by atoms with Crippen molar-refractivity contribution in [1.82, 2.24) is 0 Å².